The second kappa shape index (κ2) is 9.49. The van der Waals surface area contributed by atoms with E-state index < -0.39 is 5.60 Å². The quantitative estimate of drug-likeness (QED) is 0.418. The van der Waals surface area contributed by atoms with Crippen LogP contribution in [0.1, 0.15) is 108 Å². The van der Waals surface area contributed by atoms with E-state index in [1.807, 2.05) is 13.8 Å². The van der Waals surface area contributed by atoms with Crippen LogP contribution in [-0.4, -0.2) is 23.3 Å². The van der Waals surface area contributed by atoms with E-state index in [9.17, 15) is 9.59 Å². The van der Waals surface area contributed by atoms with Crippen LogP contribution >= 0.6 is 0 Å². The Hall–Kier alpha value is -0.960. The summed E-state index contributed by atoms with van der Waals surface area (Å²) in [5, 5.41) is 0. The minimum Gasteiger partial charge on any atom is -0.358 e. The largest absolute Gasteiger partial charge is 0.358 e. The van der Waals surface area contributed by atoms with Gasteiger partial charge in [-0.1, -0.05) is 87.1 Å². The van der Waals surface area contributed by atoms with Gasteiger partial charge >= 0.3 is 0 Å². The average molecular weight is 433 g/mol. The van der Waals surface area contributed by atoms with Crippen molar-refractivity contribution in [3.63, 3.8) is 0 Å². The van der Waals surface area contributed by atoms with Crippen molar-refractivity contribution in [1.29, 1.82) is 0 Å². The SMILES string of the molecule is CCC(CC)[C@@H]1CC=C(C)C(=O)C1(C)C.CCC(CC)[C@@H]1C[C@@H]2O[C@]2(C)C(=O)C1(C)C. The van der Waals surface area contributed by atoms with Crippen LogP contribution in [0.25, 0.3) is 0 Å². The van der Waals surface area contributed by atoms with Gasteiger partial charge in [0.15, 0.2) is 17.2 Å². The fourth-order valence-corrected chi connectivity index (χ4v) is 6.71. The normalized spacial score (nSPS) is 33.5. The van der Waals surface area contributed by atoms with Crippen LogP contribution in [-0.2, 0) is 14.3 Å². The lowest BCUT2D eigenvalue weighted by Crippen LogP contribution is -2.49. The summed E-state index contributed by atoms with van der Waals surface area (Å²) in [5.41, 5.74) is 0.155. The highest BCUT2D eigenvalue weighted by atomic mass is 16.6. The molecular weight excluding hydrogens is 384 g/mol. The number of carbonyl (C=O) groups excluding carboxylic acids is 2. The zero-order valence-electron chi connectivity index (χ0n) is 21.9. The van der Waals surface area contributed by atoms with Gasteiger partial charge in [0.1, 0.15) is 0 Å². The van der Waals surface area contributed by atoms with E-state index in [1.54, 1.807) is 0 Å². The molecule has 0 radical (unpaired) electrons. The molecule has 1 aliphatic heterocycles. The number of fused-ring (bicyclic) bond motifs is 1. The third-order valence-electron chi connectivity index (χ3n) is 9.16. The second-order valence-corrected chi connectivity index (χ2v) is 11.5. The van der Waals surface area contributed by atoms with Gasteiger partial charge in [0, 0.05) is 10.8 Å². The van der Waals surface area contributed by atoms with Crippen LogP contribution in [0.2, 0.25) is 0 Å². The van der Waals surface area contributed by atoms with E-state index in [-0.39, 0.29) is 16.9 Å². The maximum absolute atomic E-state index is 12.4. The smallest absolute Gasteiger partial charge is 0.172 e. The number of carbonyl (C=O) groups is 2. The van der Waals surface area contributed by atoms with Crippen LogP contribution in [0.5, 0.6) is 0 Å². The molecule has 1 saturated heterocycles. The molecule has 0 N–H and O–H groups in total. The molecule has 0 aromatic carbocycles. The minimum absolute atomic E-state index is 0.157. The number of hydrogen-bond donors (Lipinski definition) is 0. The topological polar surface area (TPSA) is 46.7 Å². The molecule has 0 spiro atoms. The fourth-order valence-electron chi connectivity index (χ4n) is 6.71. The van der Waals surface area contributed by atoms with Gasteiger partial charge in [-0.3, -0.25) is 9.59 Å². The van der Waals surface area contributed by atoms with E-state index in [0.29, 0.717) is 35.2 Å². The average Bonchev–Trinajstić information content (AvgIpc) is 3.39. The van der Waals surface area contributed by atoms with E-state index >= 15 is 0 Å². The molecule has 178 valence electrons. The van der Waals surface area contributed by atoms with Crippen LogP contribution in [0.4, 0.5) is 0 Å². The molecule has 2 aliphatic carbocycles. The molecule has 3 heteroatoms. The van der Waals surface area contributed by atoms with Crippen molar-refractivity contribution in [2.24, 2.45) is 34.5 Å². The van der Waals surface area contributed by atoms with Gasteiger partial charge in [0.2, 0.25) is 0 Å². The van der Waals surface area contributed by atoms with E-state index in [2.05, 4.69) is 61.5 Å². The highest BCUT2D eigenvalue weighted by Gasteiger charge is 2.67. The van der Waals surface area contributed by atoms with Crippen molar-refractivity contribution < 1.29 is 14.3 Å². The lowest BCUT2D eigenvalue weighted by Gasteiger charge is -2.41. The predicted molar refractivity (Wildman–Crippen MR) is 129 cm³/mol. The van der Waals surface area contributed by atoms with E-state index in [0.717, 1.165) is 18.4 Å². The van der Waals surface area contributed by atoms with E-state index in [1.165, 1.54) is 25.7 Å². The number of epoxide rings is 1. The molecule has 0 unspecified atom stereocenters. The van der Waals surface area contributed by atoms with Crippen molar-refractivity contribution in [3.05, 3.63) is 11.6 Å². The zero-order chi connectivity index (χ0) is 23.8. The summed E-state index contributed by atoms with van der Waals surface area (Å²) in [7, 11) is 0. The van der Waals surface area contributed by atoms with Crippen LogP contribution in [0.3, 0.4) is 0 Å². The number of allylic oxidation sites excluding steroid dienone is 2. The lowest BCUT2D eigenvalue weighted by molar-refractivity contribution is -0.137. The Morgan fingerprint density at radius 3 is 1.84 bits per heavy atom. The zero-order valence-corrected chi connectivity index (χ0v) is 21.9. The van der Waals surface area contributed by atoms with Gasteiger partial charge in [-0.05, 0) is 55.9 Å². The van der Waals surface area contributed by atoms with Gasteiger partial charge in [0.25, 0.3) is 0 Å². The Labute approximate surface area is 191 Å². The van der Waals surface area contributed by atoms with Gasteiger partial charge < -0.3 is 4.74 Å². The van der Waals surface area contributed by atoms with Crippen LogP contribution in [0.15, 0.2) is 11.6 Å². The summed E-state index contributed by atoms with van der Waals surface area (Å²) >= 11 is 0. The molecule has 3 nitrogen and oxygen atoms in total. The molecule has 0 aromatic rings. The first-order valence-corrected chi connectivity index (χ1v) is 12.8. The molecule has 3 rings (SSSR count). The Morgan fingerprint density at radius 2 is 1.35 bits per heavy atom. The number of rotatable bonds is 6. The monoisotopic (exact) mass is 432 g/mol. The van der Waals surface area contributed by atoms with Gasteiger partial charge in [-0.2, -0.15) is 0 Å². The summed E-state index contributed by atoms with van der Waals surface area (Å²) in [6, 6.07) is 0. The lowest BCUT2D eigenvalue weighted by atomic mass is 9.59. The van der Waals surface area contributed by atoms with Crippen molar-refractivity contribution in [2.45, 2.75) is 119 Å². The third kappa shape index (κ3) is 4.72. The Balaban J connectivity index is 0.000000221. The standard InChI is InChI=1S/C14H24O2.C14H24O/c1-6-9(7-2)10-8-11-14(5,16-11)12(15)13(10,3)4;1-6-11(7-2)12-9-8-10(3)13(15)14(12,4)5/h9-11H,6-8H2,1-5H3;8,11-12H,6-7,9H2,1-5H3/t10-,11-,14-;12-/m00/s1. The van der Waals surface area contributed by atoms with Crippen molar-refractivity contribution in [2.75, 3.05) is 0 Å². The van der Waals surface area contributed by atoms with Crippen LogP contribution in [0, 0.1) is 34.5 Å². The molecule has 2 fully saturated rings. The molecule has 4 atom stereocenters. The molecule has 0 amide bonds. The van der Waals surface area contributed by atoms with Crippen molar-refractivity contribution >= 4 is 11.6 Å². The summed E-state index contributed by atoms with van der Waals surface area (Å²) in [6.07, 6.45) is 9.20. The molecule has 1 saturated carbocycles. The molecule has 3 aliphatic rings. The maximum atomic E-state index is 12.4. The Bertz CT molecular complexity index is 693. The summed E-state index contributed by atoms with van der Waals surface area (Å²) in [4.78, 5) is 24.6. The Morgan fingerprint density at radius 1 is 0.871 bits per heavy atom. The first kappa shape index (κ1) is 26.3. The van der Waals surface area contributed by atoms with E-state index in [4.69, 9.17) is 4.74 Å². The number of Topliss-reactive ketones (excluding diaryl/α,β-unsaturated/α-hetero) is 2. The number of ketones is 2. The predicted octanol–water partition coefficient (Wildman–Crippen LogP) is 7.18. The van der Waals surface area contributed by atoms with Crippen molar-refractivity contribution in [3.8, 4) is 0 Å². The van der Waals surface area contributed by atoms with Gasteiger partial charge in [-0.25, -0.2) is 0 Å². The molecule has 0 aromatic heterocycles. The van der Waals surface area contributed by atoms with Crippen molar-refractivity contribution in [1.82, 2.24) is 0 Å². The molecule has 31 heavy (non-hydrogen) atoms. The summed E-state index contributed by atoms with van der Waals surface area (Å²) in [6.45, 7) is 21.3. The Kier molecular flexibility index (Phi) is 8.05. The minimum atomic E-state index is -0.438. The first-order chi connectivity index (χ1) is 14.3. The molecular formula is C28H48O3. The third-order valence-corrected chi connectivity index (χ3v) is 9.16. The first-order valence-electron chi connectivity index (χ1n) is 12.8. The number of hydrogen-bond acceptors (Lipinski definition) is 3. The molecule has 0 bridgehead atoms. The fraction of sp³-hybridized carbons (Fsp3) is 0.857. The van der Waals surface area contributed by atoms with Gasteiger partial charge in [-0.15, -0.1) is 0 Å². The maximum Gasteiger partial charge on any atom is 0.172 e. The highest BCUT2D eigenvalue weighted by Crippen LogP contribution is 2.56. The van der Waals surface area contributed by atoms with Gasteiger partial charge in [0.05, 0.1) is 6.10 Å². The highest BCUT2D eigenvalue weighted by molar-refractivity contribution is 6.00. The summed E-state index contributed by atoms with van der Waals surface area (Å²) < 4.78 is 5.63. The van der Waals surface area contributed by atoms with Crippen LogP contribution < -0.4 is 0 Å². The molecule has 1 heterocycles. The number of ether oxygens (including phenoxy) is 1. The second-order valence-electron chi connectivity index (χ2n) is 11.5. The summed E-state index contributed by atoms with van der Waals surface area (Å²) in [5.74, 6) is 3.05.